The Balaban J connectivity index is 2.07. The number of carbonyl (C=O) groups is 3. The van der Waals surface area contributed by atoms with Gasteiger partial charge in [0.15, 0.2) is 5.78 Å². The van der Waals surface area contributed by atoms with E-state index in [1.807, 2.05) is 0 Å². The van der Waals surface area contributed by atoms with Gasteiger partial charge < -0.3 is 15.3 Å². The molecule has 0 atom stereocenters. The van der Waals surface area contributed by atoms with E-state index in [0.717, 1.165) is 12.8 Å². The first-order chi connectivity index (χ1) is 11.5. The number of carbonyl (C=O) groups excluding carboxylic acids is 3. The van der Waals surface area contributed by atoms with Crippen molar-refractivity contribution >= 4 is 23.7 Å². The number of rotatable bonds is 5. The van der Waals surface area contributed by atoms with E-state index < -0.39 is 12.4 Å². The van der Waals surface area contributed by atoms with E-state index in [9.17, 15) is 14.4 Å². The third-order valence-electron chi connectivity index (χ3n) is 3.99. The largest absolute Gasteiger partial charge is 0.388 e. The van der Waals surface area contributed by atoms with Gasteiger partial charge >= 0.3 is 0 Å². The van der Waals surface area contributed by atoms with Gasteiger partial charge in [0.1, 0.15) is 6.61 Å². The van der Waals surface area contributed by atoms with Crippen molar-refractivity contribution in [2.75, 3.05) is 19.7 Å². The first-order valence-electron chi connectivity index (χ1n) is 7.98. The SMILES string of the molecule is CC(=O)NC1CCN(C(=O)c2ccccc2/C=C/C(=O)CO)CC1. The fourth-order valence-electron chi connectivity index (χ4n) is 2.76. The molecular formula is C18H22N2O4. The summed E-state index contributed by atoms with van der Waals surface area (Å²) in [7, 11) is 0. The number of nitrogens with zero attached hydrogens (tertiary/aromatic N) is 1. The van der Waals surface area contributed by atoms with Crippen LogP contribution in [0.15, 0.2) is 30.3 Å². The summed E-state index contributed by atoms with van der Waals surface area (Å²) in [6.07, 6.45) is 4.28. The van der Waals surface area contributed by atoms with Gasteiger partial charge in [-0.15, -0.1) is 0 Å². The number of piperidine rings is 1. The van der Waals surface area contributed by atoms with Crippen molar-refractivity contribution in [3.63, 3.8) is 0 Å². The second kappa shape index (κ2) is 8.40. The average molecular weight is 330 g/mol. The Labute approximate surface area is 141 Å². The van der Waals surface area contributed by atoms with E-state index in [1.54, 1.807) is 35.2 Å². The van der Waals surface area contributed by atoms with Gasteiger partial charge in [-0.2, -0.15) is 0 Å². The highest BCUT2D eigenvalue weighted by Gasteiger charge is 2.24. The molecule has 0 radical (unpaired) electrons. The second-order valence-electron chi connectivity index (χ2n) is 5.81. The first kappa shape index (κ1) is 17.9. The minimum absolute atomic E-state index is 0.0520. The molecule has 6 heteroatoms. The molecule has 2 rings (SSSR count). The summed E-state index contributed by atoms with van der Waals surface area (Å²) >= 11 is 0. The molecule has 6 nitrogen and oxygen atoms in total. The monoisotopic (exact) mass is 330 g/mol. The quantitative estimate of drug-likeness (QED) is 0.789. The van der Waals surface area contributed by atoms with Crippen molar-refractivity contribution in [3.05, 3.63) is 41.5 Å². The molecule has 0 aliphatic carbocycles. The number of hydrogen-bond acceptors (Lipinski definition) is 4. The Hall–Kier alpha value is -2.47. The van der Waals surface area contributed by atoms with Gasteiger partial charge in [-0.05, 0) is 30.5 Å². The molecule has 0 unspecified atom stereocenters. The molecule has 1 saturated heterocycles. The van der Waals surface area contributed by atoms with Gasteiger partial charge in [-0.1, -0.05) is 24.3 Å². The van der Waals surface area contributed by atoms with Gasteiger partial charge in [0.25, 0.3) is 5.91 Å². The smallest absolute Gasteiger partial charge is 0.254 e. The fourth-order valence-corrected chi connectivity index (χ4v) is 2.76. The lowest BCUT2D eigenvalue weighted by molar-refractivity contribution is -0.120. The van der Waals surface area contributed by atoms with Gasteiger partial charge in [0.05, 0.1) is 0 Å². The minimum Gasteiger partial charge on any atom is -0.388 e. The predicted molar refractivity (Wildman–Crippen MR) is 90.3 cm³/mol. The molecule has 1 aromatic carbocycles. The number of aliphatic hydroxyl groups is 1. The Morgan fingerprint density at radius 2 is 1.92 bits per heavy atom. The second-order valence-corrected chi connectivity index (χ2v) is 5.81. The van der Waals surface area contributed by atoms with Gasteiger partial charge in [0.2, 0.25) is 5.91 Å². The number of nitrogens with one attached hydrogen (secondary N) is 1. The molecule has 1 aliphatic rings. The van der Waals surface area contributed by atoms with Crippen molar-refractivity contribution in [2.45, 2.75) is 25.8 Å². The zero-order chi connectivity index (χ0) is 17.5. The maximum atomic E-state index is 12.7. The number of ketones is 1. The molecule has 1 heterocycles. The maximum Gasteiger partial charge on any atom is 0.254 e. The Morgan fingerprint density at radius 3 is 2.54 bits per heavy atom. The van der Waals surface area contributed by atoms with Gasteiger partial charge in [0, 0.05) is 31.6 Å². The number of benzene rings is 1. The molecule has 128 valence electrons. The normalized spacial score (nSPS) is 15.5. The summed E-state index contributed by atoms with van der Waals surface area (Å²) in [5, 5.41) is 11.7. The van der Waals surface area contributed by atoms with E-state index in [1.165, 1.54) is 13.0 Å². The summed E-state index contributed by atoms with van der Waals surface area (Å²) in [5.74, 6) is -0.551. The van der Waals surface area contributed by atoms with Crippen molar-refractivity contribution in [2.24, 2.45) is 0 Å². The zero-order valence-electron chi connectivity index (χ0n) is 13.7. The number of amides is 2. The molecule has 0 spiro atoms. The van der Waals surface area contributed by atoms with Crippen LogP contribution in [0.25, 0.3) is 6.08 Å². The molecule has 2 N–H and O–H groups in total. The van der Waals surface area contributed by atoms with Crippen LogP contribution in [-0.2, 0) is 9.59 Å². The van der Waals surface area contributed by atoms with E-state index in [0.29, 0.717) is 24.2 Å². The van der Waals surface area contributed by atoms with Gasteiger partial charge in [-0.25, -0.2) is 0 Å². The van der Waals surface area contributed by atoms with E-state index >= 15 is 0 Å². The van der Waals surface area contributed by atoms with Crippen LogP contribution >= 0.6 is 0 Å². The predicted octanol–water partition coefficient (Wildman–Crippen LogP) is 1.00. The number of aliphatic hydroxyl groups excluding tert-OH is 1. The highest BCUT2D eigenvalue weighted by Crippen LogP contribution is 2.18. The molecule has 0 saturated carbocycles. The summed E-state index contributed by atoms with van der Waals surface area (Å²) in [5.41, 5.74) is 1.17. The molecule has 24 heavy (non-hydrogen) atoms. The molecule has 0 bridgehead atoms. The fraction of sp³-hybridized carbons (Fsp3) is 0.389. The van der Waals surface area contributed by atoms with Crippen LogP contribution < -0.4 is 5.32 Å². The number of hydrogen-bond donors (Lipinski definition) is 2. The molecule has 1 fully saturated rings. The van der Waals surface area contributed by atoms with E-state index in [4.69, 9.17) is 5.11 Å². The van der Waals surface area contributed by atoms with Crippen LogP contribution in [0.3, 0.4) is 0 Å². The van der Waals surface area contributed by atoms with Crippen molar-refractivity contribution in [1.29, 1.82) is 0 Å². The Morgan fingerprint density at radius 1 is 1.25 bits per heavy atom. The highest BCUT2D eigenvalue weighted by atomic mass is 16.3. The van der Waals surface area contributed by atoms with Crippen molar-refractivity contribution in [3.8, 4) is 0 Å². The van der Waals surface area contributed by atoms with E-state index in [-0.39, 0.29) is 17.9 Å². The van der Waals surface area contributed by atoms with Crippen LogP contribution in [0.4, 0.5) is 0 Å². The molecule has 1 aromatic rings. The van der Waals surface area contributed by atoms with E-state index in [2.05, 4.69) is 5.32 Å². The topological polar surface area (TPSA) is 86.7 Å². The zero-order valence-corrected chi connectivity index (χ0v) is 13.7. The maximum absolute atomic E-state index is 12.7. The lowest BCUT2D eigenvalue weighted by Gasteiger charge is -2.32. The standard InChI is InChI=1S/C18H22N2O4/c1-13(22)19-15-8-10-20(11-9-15)18(24)17-5-3-2-4-14(17)6-7-16(23)12-21/h2-7,15,21H,8-12H2,1H3,(H,19,22)/b7-6+. The molecular weight excluding hydrogens is 308 g/mol. The van der Waals surface area contributed by atoms with Crippen molar-refractivity contribution in [1.82, 2.24) is 10.2 Å². The summed E-state index contributed by atoms with van der Waals surface area (Å²) in [6.45, 7) is 2.10. The molecule has 1 aliphatic heterocycles. The molecule has 2 amide bonds. The van der Waals surface area contributed by atoms with Crippen molar-refractivity contribution < 1.29 is 19.5 Å². The Kier molecular flexibility index (Phi) is 6.26. The van der Waals surface area contributed by atoms with Crippen LogP contribution in [0.5, 0.6) is 0 Å². The first-order valence-corrected chi connectivity index (χ1v) is 7.98. The van der Waals surface area contributed by atoms with Gasteiger partial charge in [-0.3, -0.25) is 14.4 Å². The third kappa shape index (κ3) is 4.76. The molecule has 0 aromatic heterocycles. The summed E-state index contributed by atoms with van der Waals surface area (Å²) < 4.78 is 0. The average Bonchev–Trinajstić information content (AvgIpc) is 2.59. The summed E-state index contributed by atoms with van der Waals surface area (Å²) in [6, 6.07) is 7.18. The Bertz CT molecular complexity index is 646. The van der Waals surface area contributed by atoms with Crippen LogP contribution in [-0.4, -0.2) is 53.3 Å². The minimum atomic E-state index is -0.552. The third-order valence-corrected chi connectivity index (χ3v) is 3.99. The summed E-state index contributed by atoms with van der Waals surface area (Å²) in [4.78, 5) is 36.8. The lowest BCUT2D eigenvalue weighted by Crippen LogP contribution is -2.46. The van der Waals surface area contributed by atoms with Crippen LogP contribution in [0, 0.1) is 0 Å². The highest BCUT2D eigenvalue weighted by molar-refractivity contribution is 6.00. The number of likely N-dealkylation sites (tertiary alicyclic amines) is 1. The lowest BCUT2D eigenvalue weighted by atomic mass is 10.0. The van der Waals surface area contributed by atoms with Crippen LogP contribution in [0.2, 0.25) is 0 Å². The van der Waals surface area contributed by atoms with Crippen LogP contribution in [0.1, 0.15) is 35.7 Å².